The van der Waals surface area contributed by atoms with Crippen LogP contribution < -0.4 is 11.5 Å². The van der Waals surface area contributed by atoms with E-state index in [4.69, 9.17) is 11.5 Å². The minimum atomic E-state index is 0.309. The van der Waals surface area contributed by atoms with Gasteiger partial charge in [-0.2, -0.15) is 0 Å². The minimum absolute atomic E-state index is 0.309. The third-order valence-corrected chi connectivity index (χ3v) is 2.89. The number of nitrogens with zero attached hydrogens (tertiary/aromatic N) is 1. The van der Waals surface area contributed by atoms with Crippen LogP contribution in [0.25, 0.3) is 0 Å². The molecule has 0 saturated heterocycles. The normalized spacial score (nSPS) is 25.3. The molecule has 0 aliphatic heterocycles. The number of hydrogen-bond donors (Lipinski definition) is 2. The van der Waals surface area contributed by atoms with E-state index < -0.39 is 0 Å². The number of hydrogen-bond acceptors (Lipinski definition) is 3. The van der Waals surface area contributed by atoms with Gasteiger partial charge in [-0.3, -0.25) is 0 Å². The number of nitrogens with two attached hydrogens (primary N) is 2. The summed E-state index contributed by atoms with van der Waals surface area (Å²) in [4.78, 5) is 5.41. The Labute approximate surface area is 77.3 Å². The Bertz CT molecular complexity index is 210. The molecular weight excluding hydrogens is 170 g/mol. The van der Waals surface area contributed by atoms with E-state index in [1.54, 1.807) is 11.8 Å². The zero-order valence-electron chi connectivity index (χ0n) is 7.29. The SMILES string of the molecule is CSC1=C(N=CN)CCC(N)C1. The largest absolute Gasteiger partial charge is 0.390 e. The fourth-order valence-electron chi connectivity index (χ4n) is 1.35. The highest BCUT2D eigenvalue weighted by Gasteiger charge is 2.16. The fraction of sp³-hybridized carbons (Fsp3) is 0.625. The van der Waals surface area contributed by atoms with Gasteiger partial charge in [0.05, 0.1) is 12.0 Å². The van der Waals surface area contributed by atoms with Gasteiger partial charge in [-0.1, -0.05) is 0 Å². The Morgan fingerprint density at radius 3 is 3.00 bits per heavy atom. The molecule has 0 aromatic heterocycles. The molecule has 1 aliphatic carbocycles. The first-order chi connectivity index (χ1) is 5.77. The summed E-state index contributed by atoms with van der Waals surface area (Å²) in [5.74, 6) is 0. The first-order valence-electron chi connectivity index (χ1n) is 4.03. The van der Waals surface area contributed by atoms with Crippen LogP contribution in [0.15, 0.2) is 15.6 Å². The number of thioether (sulfide) groups is 1. The maximum absolute atomic E-state index is 5.83. The molecule has 1 unspecified atom stereocenters. The lowest BCUT2D eigenvalue weighted by atomic mass is 10.0. The van der Waals surface area contributed by atoms with Crippen molar-refractivity contribution in [3.05, 3.63) is 10.6 Å². The van der Waals surface area contributed by atoms with Crippen molar-refractivity contribution < 1.29 is 0 Å². The summed E-state index contributed by atoms with van der Waals surface area (Å²) >= 11 is 1.73. The van der Waals surface area contributed by atoms with E-state index in [0.29, 0.717) is 6.04 Å². The first kappa shape index (κ1) is 9.61. The van der Waals surface area contributed by atoms with E-state index >= 15 is 0 Å². The molecule has 1 atom stereocenters. The van der Waals surface area contributed by atoms with Crippen LogP contribution in [0.1, 0.15) is 19.3 Å². The van der Waals surface area contributed by atoms with Crippen LogP contribution in [0.5, 0.6) is 0 Å². The van der Waals surface area contributed by atoms with Crippen LogP contribution in [0.4, 0.5) is 0 Å². The third-order valence-electron chi connectivity index (χ3n) is 2.00. The summed E-state index contributed by atoms with van der Waals surface area (Å²) in [6, 6.07) is 0.309. The second kappa shape index (κ2) is 4.52. The summed E-state index contributed by atoms with van der Waals surface area (Å²) in [7, 11) is 0. The molecule has 0 radical (unpaired) electrons. The van der Waals surface area contributed by atoms with Crippen molar-refractivity contribution in [1.29, 1.82) is 0 Å². The topological polar surface area (TPSA) is 64.4 Å². The zero-order valence-corrected chi connectivity index (χ0v) is 8.10. The Morgan fingerprint density at radius 1 is 1.67 bits per heavy atom. The van der Waals surface area contributed by atoms with Gasteiger partial charge < -0.3 is 11.5 Å². The molecule has 1 rings (SSSR count). The maximum Gasteiger partial charge on any atom is 0.0856 e. The molecule has 0 aromatic carbocycles. The highest BCUT2D eigenvalue weighted by atomic mass is 32.2. The monoisotopic (exact) mass is 185 g/mol. The van der Waals surface area contributed by atoms with Crippen molar-refractivity contribution >= 4 is 18.1 Å². The third kappa shape index (κ3) is 2.25. The van der Waals surface area contributed by atoms with Crippen molar-refractivity contribution in [1.82, 2.24) is 0 Å². The van der Waals surface area contributed by atoms with Gasteiger partial charge in [0.1, 0.15) is 0 Å². The van der Waals surface area contributed by atoms with Crippen molar-refractivity contribution in [2.75, 3.05) is 6.26 Å². The average Bonchev–Trinajstić information content (AvgIpc) is 2.08. The standard InChI is InChI=1S/C8H15N3S/c1-12-8-4-6(10)2-3-7(8)11-5-9/h5-6H,2-4,10H2,1H3,(H2,9,11). The summed E-state index contributed by atoms with van der Waals surface area (Å²) in [6.07, 6.45) is 6.36. The van der Waals surface area contributed by atoms with Gasteiger partial charge in [-0.05, 0) is 25.5 Å². The number of rotatable bonds is 2. The van der Waals surface area contributed by atoms with E-state index in [1.165, 1.54) is 11.2 Å². The van der Waals surface area contributed by atoms with Gasteiger partial charge in [0, 0.05) is 10.9 Å². The molecule has 0 amide bonds. The van der Waals surface area contributed by atoms with Gasteiger partial charge in [-0.15, -0.1) is 11.8 Å². The van der Waals surface area contributed by atoms with E-state index in [9.17, 15) is 0 Å². The first-order valence-corrected chi connectivity index (χ1v) is 5.26. The molecular formula is C8H15N3S. The molecule has 68 valence electrons. The Morgan fingerprint density at radius 2 is 2.42 bits per heavy atom. The lowest BCUT2D eigenvalue weighted by molar-refractivity contribution is 0.582. The van der Waals surface area contributed by atoms with E-state index in [0.717, 1.165) is 25.0 Å². The quantitative estimate of drug-likeness (QED) is 0.499. The van der Waals surface area contributed by atoms with E-state index in [2.05, 4.69) is 11.2 Å². The predicted octanol–water partition coefficient (Wildman–Crippen LogP) is 1.06. The second-order valence-electron chi connectivity index (χ2n) is 2.86. The van der Waals surface area contributed by atoms with Crippen molar-refractivity contribution in [2.24, 2.45) is 16.5 Å². The smallest absolute Gasteiger partial charge is 0.0856 e. The summed E-state index contributed by atoms with van der Waals surface area (Å²) in [5.41, 5.74) is 12.2. The Balaban J connectivity index is 2.76. The van der Waals surface area contributed by atoms with Gasteiger partial charge in [-0.25, -0.2) is 4.99 Å². The van der Waals surface area contributed by atoms with Crippen LogP contribution in [0, 0.1) is 0 Å². The predicted molar refractivity (Wildman–Crippen MR) is 55.0 cm³/mol. The van der Waals surface area contributed by atoms with E-state index in [-0.39, 0.29) is 0 Å². The van der Waals surface area contributed by atoms with Crippen molar-refractivity contribution in [3.8, 4) is 0 Å². The van der Waals surface area contributed by atoms with Crippen LogP contribution in [0.3, 0.4) is 0 Å². The molecule has 0 fully saturated rings. The van der Waals surface area contributed by atoms with Crippen LogP contribution in [-0.4, -0.2) is 18.6 Å². The highest BCUT2D eigenvalue weighted by molar-refractivity contribution is 8.02. The summed E-state index contributed by atoms with van der Waals surface area (Å²) < 4.78 is 0. The van der Waals surface area contributed by atoms with Gasteiger partial charge in [0.25, 0.3) is 0 Å². The molecule has 1 aliphatic rings. The van der Waals surface area contributed by atoms with Gasteiger partial charge in [0.15, 0.2) is 0 Å². The van der Waals surface area contributed by atoms with Crippen LogP contribution in [-0.2, 0) is 0 Å². The van der Waals surface area contributed by atoms with Gasteiger partial charge >= 0.3 is 0 Å². The minimum Gasteiger partial charge on any atom is -0.390 e. The highest BCUT2D eigenvalue weighted by Crippen LogP contribution is 2.31. The maximum atomic E-state index is 5.83. The summed E-state index contributed by atoms with van der Waals surface area (Å²) in [6.45, 7) is 0. The second-order valence-corrected chi connectivity index (χ2v) is 3.76. The fourth-order valence-corrected chi connectivity index (χ4v) is 2.12. The van der Waals surface area contributed by atoms with Crippen molar-refractivity contribution in [2.45, 2.75) is 25.3 Å². The lowest BCUT2D eigenvalue weighted by Gasteiger charge is -2.20. The number of allylic oxidation sites excluding steroid dienone is 1. The summed E-state index contributed by atoms with van der Waals surface area (Å²) in [5, 5.41) is 0. The molecule has 4 heteroatoms. The zero-order chi connectivity index (χ0) is 8.97. The molecule has 4 N–H and O–H groups in total. The molecule has 3 nitrogen and oxygen atoms in total. The molecule has 0 saturated carbocycles. The molecule has 12 heavy (non-hydrogen) atoms. The van der Waals surface area contributed by atoms with Gasteiger partial charge in [0.2, 0.25) is 0 Å². The molecule has 0 spiro atoms. The number of aliphatic imine (C=N–C) groups is 1. The van der Waals surface area contributed by atoms with Crippen LogP contribution in [0.2, 0.25) is 0 Å². The van der Waals surface area contributed by atoms with Crippen LogP contribution >= 0.6 is 11.8 Å². The molecule has 0 bridgehead atoms. The lowest BCUT2D eigenvalue weighted by Crippen LogP contribution is -2.23. The average molecular weight is 185 g/mol. The Hall–Kier alpha value is -0.480. The molecule has 0 aromatic rings. The molecule has 0 heterocycles. The Kier molecular flexibility index (Phi) is 3.62. The van der Waals surface area contributed by atoms with Crippen molar-refractivity contribution in [3.63, 3.8) is 0 Å². The van der Waals surface area contributed by atoms with E-state index in [1.807, 2.05) is 0 Å².